The Morgan fingerprint density at radius 1 is 1.47 bits per heavy atom. The van der Waals surface area contributed by atoms with Gasteiger partial charge in [0.1, 0.15) is 18.1 Å². The van der Waals surface area contributed by atoms with Crippen LogP contribution in [0.1, 0.15) is 13.8 Å². The summed E-state index contributed by atoms with van der Waals surface area (Å²) in [6, 6.07) is 6.73. The molecule has 1 aromatic carbocycles. The van der Waals surface area contributed by atoms with E-state index < -0.39 is 0 Å². The molecule has 0 heterocycles. The van der Waals surface area contributed by atoms with Gasteiger partial charge in [0, 0.05) is 6.07 Å². The topological polar surface area (TPSA) is 29.5 Å². The zero-order valence-electron chi connectivity index (χ0n) is 9.16. The van der Waals surface area contributed by atoms with Gasteiger partial charge >= 0.3 is 0 Å². The van der Waals surface area contributed by atoms with Gasteiger partial charge in [-0.25, -0.2) is 0 Å². The number of phenolic OH excluding ortho intramolecular Hbond substituents is 1. The maximum atomic E-state index is 9.21. The first-order chi connectivity index (χ1) is 7.08. The predicted molar refractivity (Wildman–Crippen MR) is 62.2 cm³/mol. The fraction of sp³-hybridized carbons (Fsp3) is 0.231. The molecule has 0 aliphatic rings. The highest BCUT2D eigenvalue weighted by molar-refractivity contribution is 5.32. The van der Waals surface area contributed by atoms with Crippen molar-refractivity contribution in [2.24, 2.45) is 0 Å². The first kappa shape index (κ1) is 11.4. The third-order valence-corrected chi connectivity index (χ3v) is 1.73. The molecule has 1 N–H and O–H groups in total. The van der Waals surface area contributed by atoms with Crippen molar-refractivity contribution < 1.29 is 9.84 Å². The number of aromatic hydroxyl groups is 1. The van der Waals surface area contributed by atoms with E-state index in [9.17, 15) is 5.11 Å². The lowest BCUT2D eigenvalue weighted by Gasteiger charge is -2.06. The predicted octanol–water partition coefficient (Wildman–Crippen LogP) is 3.29. The minimum absolute atomic E-state index is 0.209. The van der Waals surface area contributed by atoms with Gasteiger partial charge in [-0.1, -0.05) is 24.3 Å². The maximum absolute atomic E-state index is 9.21. The van der Waals surface area contributed by atoms with Crippen molar-refractivity contribution in [1.82, 2.24) is 0 Å². The molecule has 0 atom stereocenters. The van der Waals surface area contributed by atoms with Gasteiger partial charge in [-0.15, -0.1) is 0 Å². The second kappa shape index (κ2) is 5.25. The van der Waals surface area contributed by atoms with Crippen LogP contribution in [0.3, 0.4) is 0 Å². The van der Waals surface area contributed by atoms with Crippen molar-refractivity contribution in [2.75, 3.05) is 6.61 Å². The number of benzene rings is 1. The fourth-order valence-electron chi connectivity index (χ4n) is 1.20. The van der Waals surface area contributed by atoms with Crippen LogP contribution in [0, 0.1) is 0 Å². The monoisotopic (exact) mass is 204 g/mol. The van der Waals surface area contributed by atoms with E-state index in [1.54, 1.807) is 24.3 Å². The molecule has 0 radical (unpaired) electrons. The second-order valence-corrected chi connectivity index (χ2v) is 3.67. The second-order valence-electron chi connectivity index (χ2n) is 3.67. The molecular weight excluding hydrogens is 188 g/mol. The Kier molecular flexibility index (Phi) is 3.98. The van der Waals surface area contributed by atoms with Crippen molar-refractivity contribution in [3.05, 3.63) is 48.1 Å². The van der Waals surface area contributed by atoms with Crippen molar-refractivity contribution in [2.45, 2.75) is 13.8 Å². The van der Waals surface area contributed by atoms with Gasteiger partial charge in [0.15, 0.2) is 0 Å². The van der Waals surface area contributed by atoms with Gasteiger partial charge in [-0.05, 0) is 31.6 Å². The highest BCUT2D eigenvalue weighted by atomic mass is 16.5. The van der Waals surface area contributed by atoms with E-state index in [0.717, 1.165) is 5.57 Å². The fourth-order valence-corrected chi connectivity index (χ4v) is 1.20. The first-order valence-electron chi connectivity index (χ1n) is 4.82. The summed E-state index contributed by atoms with van der Waals surface area (Å²) in [5.74, 6) is 0.860. The Labute approximate surface area is 90.5 Å². The van der Waals surface area contributed by atoms with Crippen LogP contribution < -0.4 is 4.74 Å². The summed E-state index contributed by atoms with van der Waals surface area (Å²) < 4.78 is 5.45. The maximum Gasteiger partial charge on any atom is 0.123 e. The Morgan fingerprint density at radius 3 is 2.80 bits per heavy atom. The van der Waals surface area contributed by atoms with Gasteiger partial charge < -0.3 is 9.84 Å². The van der Waals surface area contributed by atoms with Crippen LogP contribution in [0.2, 0.25) is 0 Å². The number of allylic oxidation sites excluding steroid dienone is 1. The minimum Gasteiger partial charge on any atom is -0.508 e. The average Bonchev–Trinajstić information content (AvgIpc) is 2.14. The number of hydrogen-bond donors (Lipinski definition) is 1. The molecule has 0 amide bonds. The minimum atomic E-state index is 0.209. The van der Waals surface area contributed by atoms with Gasteiger partial charge in [0.2, 0.25) is 0 Å². The van der Waals surface area contributed by atoms with Crippen LogP contribution in [-0.2, 0) is 0 Å². The summed E-state index contributed by atoms with van der Waals surface area (Å²) in [6.07, 6.45) is 1.97. The summed E-state index contributed by atoms with van der Waals surface area (Å²) >= 11 is 0. The Hall–Kier alpha value is -1.70. The van der Waals surface area contributed by atoms with Crippen LogP contribution in [0.25, 0.3) is 0 Å². The van der Waals surface area contributed by atoms with E-state index in [2.05, 4.69) is 6.58 Å². The molecule has 15 heavy (non-hydrogen) atoms. The summed E-state index contributed by atoms with van der Waals surface area (Å²) in [7, 11) is 0. The van der Waals surface area contributed by atoms with E-state index >= 15 is 0 Å². The van der Waals surface area contributed by atoms with E-state index in [0.29, 0.717) is 12.4 Å². The van der Waals surface area contributed by atoms with Crippen LogP contribution in [0.5, 0.6) is 11.5 Å². The van der Waals surface area contributed by atoms with Crippen LogP contribution >= 0.6 is 0 Å². The first-order valence-corrected chi connectivity index (χ1v) is 4.82. The average molecular weight is 204 g/mol. The highest BCUT2D eigenvalue weighted by Crippen LogP contribution is 2.18. The molecule has 2 heteroatoms. The lowest BCUT2D eigenvalue weighted by molar-refractivity contribution is 0.353. The molecule has 80 valence electrons. The van der Waals surface area contributed by atoms with Crippen molar-refractivity contribution >= 4 is 0 Å². The van der Waals surface area contributed by atoms with E-state index in [-0.39, 0.29) is 5.75 Å². The van der Waals surface area contributed by atoms with Gasteiger partial charge in [0.05, 0.1) is 0 Å². The summed E-state index contributed by atoms with van der Waals surface area (Å²) in [6.45, 7) is 8.33. The quantitative estimate of drug-likeness (QED) is 0.762. The molecule has 1 rings (SSSR count). The van der Waals surface area contributed by atoms with Crippen LogP contribution in [0.4, 0.5) is 0 Å². The van der Waals surface area contributed by atoms with Crippen LogP contribution in [0.15, 0.2) is 48.1 Å². The highest BCUT2D eigenvalue weighted by Gasteiger charge is 1.96. The lowest BCUT2D eigenvalue weighted by Crippen LogP contribution is -1.98. The normalized spacial score (nSPS) is 9.47. The van der Waals surface area contributed by atoms with Gasteiger partial charge in [0.25, 0.3) is 0 Å². The molecule has 0 spiro atoms. The standard InChI is InChI=1S/C13H16O2/c1-10(2)7-11(3)9-15-13-6-4-5-12(14)8-13/h4-8,14H,3,9H2,1-2H3. The van der Waals surface area contributed by atoms with Crippen molar-refractivity contribution in [3.8, 4) is 11.5 Å². The Morgan fingerprint density at radius 2 is 2.20 bits per heavy atom. The zero-order valence-corrected chi connectivity index (χ0v) is 9.16. The number of ether oxygens (including phenoxy) is 1. The molecule has 0 aliphatic carbocycles. The lowest BCUT2D eigenvalue weighted by atomic mass is 10.2. The SMILES string of the molecule is C=C(C=C(C)C)COc1cccc(O)c1. The van der Waals surface area contributed by atoms with E-state index in [1.165, 1.54) is 5.57 Å². The molecule has 0 saturated carbocycles. The van der Waals surface area contributed by atoms with E-state index in [1.807, 2.05) is 19.9 Å². The molecule has 1 aromatic rings. The van der Waals surface area contributed by atoms with Crippen molar-refractivity contribution in [3.63, 3.8) is 0 Å². The third-order valence-electron chi connectivity index (χ3n) is 1.73. The molecule has 0 bridgehead atoms. The molecule has 0 aliphatic heterocycles. The number of rotatable bonds is 4. The number of phenols is 1. The summed E-state index contributed by atoms with van der Waals surface area (Å²) in [4.78, 5) is 0. The van der Waals surface area contributed by atoms with Gasteiger partial charge in [-0.3, -0.25) is 0 Å². The smallest absolute Gasteiger partial charge is 0.123 e. The molecule has 0 saturated heterocycles. The summed E-state index contributed by atoms with van der Waals surface area (Å²) in [5.41, 5.74) is 2.11. The largest absolute Gasteiger partial charge is 0.508 e. The van der Waals surface area contributed by atoms with E-state index in [4.69, 9.17) is 4.74 Å². The molecular formula is C13H16O2. The third kappa shape index (κ3) is 4.36. The molecule has 0 aromatic heterocycles. The molecule has 0 fully saturated rings. The molecule has 2 nitrogen and oxygen atoms in total. The summed E-state index contributed by atoms with van der Waals surface area (Å²) in [5, 5.41) is 9.21. The Balaban J connectivity index is 2.51. The van der Waals surface area contributed by atoms with Gasteiger partial charge in [-0.2, -0.15) is 0 Å². The van der Waals surface area contributed by atoms with Crippen molar-refractivity contribution in [1.29, 1.82) is 0 Å². The van der Waals surface area contributed by atoms with Crippen LogP contribution in [-0.4, -0.2) is 11.7 Å². The number of hydrogen-bond acceptors (Lipinski definition) is 2. The zero-order chi connectivity index (χ0) is 11.3. The molecule has 0 unspecified atom stereocenters. The Bertz CT molecular complexity index is 374.